The SMILES string of the molecule is O=C(CSc1nnc(CN2CCCCC2)n1-c1ccc(F)cc1)N1CCN(c2ncccn2)CC1. The summed E-state index contributed by atoms with van der Waals surface area (Å²) in [7, 11) is 0. The van der Waals surface area contributed by atoms with Gasteiger partial charge in [-0.15, -0.1) is 10.2 Å². The summed E-state index contributed by atoms with van der Waals surface area (Å²) in [5, 5.41) is 9.51. The Labute approximate surface area is 208 Å². The number of hydrogen-bond donors (Lipinski definition) is 0. The molecule has 5 rings (SSSR count). The van der Waals surface area contributed by atoms with Gasteiger partial charge in [0.25, 0.3) is 0 Å². The van der Waals surface area contributed by atoms with Gasteiger partial charge in [0.1, 0.15) is 5.82 Å². The molecule has 0 bridgehead atoms. The standard InChI is InChI=1S/C24H29FN8OS/c25-19-5-7-20(8-6-19)33-21(17-30-11-2-1-3-12-30)28-29-24(33)35-18-22(34)31-13-15-32(16-14-31)23-26-9-4-10-27-23/h4-10H,1-3,11-18H2. The Hall–Kier alpha value is -3.05. The molecule has 4 heterocycles. The lowest BCUT2D eigenvalue weighted by Gasteiger charge is -2.34. The molecule has 2 aliphatic heterocycles. The lowest BCUT2D eigenvalue weighted by atomic mass is 10.1. The van der Waals surface area contributed by atoms with E-state index >= 15 is 0 Å². The summed E-state index contributed by atoms with van der Waals surface area (Å²) in [5.41, 5.74) is 0.801. The fraction of sp³-hybridized carbons (Fsp3) is 0.458. The second kappa shape index (κ2) is 11.1. The average Bonchev–Trinajstić information content (AvgIpc) is 3.31. The fourth-order valence-corrected chi connectivity index (χ4v) is 5.36. The number of thioether (sulfide) groups is 1. The van der Waals surface area contributed by atoms with Crippen LogP contribution < -0.4 is 4.90 Å². The molecule has 0 aliphatic carbocycles. The highest BCUT2D eigenvalue weighted by atomic mass is 32.2. The molecule has 2 saturated heterocycles. The molecule has 0 atom stereocenters. The highest BCUT2D eigenvalue weighted by molar-refractivity contribution is 7.99. The first-order valence-electron chi connectivity index (χ1n) is 12.0. The van der Waals surface area contributed by atoms with Crippen LogP contribution in [-0.4, -0.2) is 85.5 Å². The molecule has 0 radical (unpaired) electrons. The molecule has 11 heteroatoms. The number of aromatic nitrogens is 5. The van der Waals surface area contributed by atoms with E-state index in [1.807, 2.05) is 9.47 Å². The van der Waals surface area contributed by atoms with Crippen LogP contribution in [0.15, 0.2) is 47.9 Å². The van der Waals surface area contributed by atoms with E-state index in [0.717, 1.165) is 24.6 Å². The maximum absolute atomic E-state index is 13.6. The molecule has 0 N–H and O–H groups in total. The van der Waals surface area contributed by atoms with Gasteiger partial charge < -0.3 is 9.80 Å². The normalized spacial score (nSPS) is 17.1. The molecule has 1 amide bonds. The van der Waals surface area contributed by atoms with Crippen molar-refractivity contribution < 1.29 is 9.18 Å². The van der Waals surface area contributed by atoms with Crippen molar-refractivity contribution in [1.82, 2.24) is 34.5 Å². The minimum absolute atomic E-state index is 0.0647. The monoisotopic (exact) mass is 496 g/mol. The summed E-state index contributed by atoms with van der Waals surface area (Å²) >= 11 is 1.38. The van der Waals surface area contributed by atoms with Crippen LogP contribution in [-0.2, 0) is 11.3 Å². The molecule has 2 aromatic heterocycles. The van der Waals surface area contributed by atoms with Crippen molar-refractivity contribution in [2.45, 2.75) is 31.0 Å². The van der Waals surface area contributed by atoms with Crippen LogP contribution in [0.4, 0.5) is 10.3 Å². The lowest BCUT2D eigenvalue weighted by Crippen LogP contribution is -2.49. The van der Waals surface area contributed by atoms with Crippen LogP contribution >= 0.6 is 11.8 Å². The number of nitrogens with zero attached hydrogens (tertiary/aromatic N) is 8. The molecule has 184 valence electrons. The van der Waals surface area contributed by atoms with Gasteiger partial charge in [0.15, 0.2) is 11.0 Å². The Morgan fingerprint density at radius 2 is 1.63 bits per heavy atom. The second-order valence-electron chi connectivity index (χ2n) is 8.75. The molecule has 35 heavy (non-hydrogen) atoms. The number of rotatable bonds is 7. The van der Waals surface area contributed by atoms with E-state index in [4.69, 9.17) is 0 Å². The van der Waals surface area contributed by atoms with Gasteiger partial charge in [-0.25, -0.2) is 14.4 Å². The number of benzene rings is 1. The molecule has 2 aliphatic rings. The maximum Gasteiger partial charge on any atom is 0.233 e. The summed E-state index contributed by atoms with van der Waals surface area (Å²) < 4.78 is 15.5. The largest absolute Gasteiger partial charge is 0.338 e. The van der Waals surface area contributed by atoms with Crippen LogP contribution in [0.25, 0.3) is 5.69 Å². The Bertz CT molecular complexity index is 1110. The molecule has 2 fully saturated rings. The van der Waals surface area contributed by atoms with Crippen molar-refractivity contribution >= 4 is 23.6 Å². The van der Waals surface area contributed by atoms with E-state index in [0.29, 0.717) is 43.8 Å². The molecule has 1 aromatic carbocycles. The maximum atomic E-state index is 13.6. The highest BCUT2D eigenvalue weighted by Gasteiger charge is 2.24. The first kappa shape index (κ1) is 23.7. The predicted octanol–water partition coefficient (Wildman–Crippen LogP) is 2.62. The third kappa shape index (κ3) is 5.79. The van der Waals surface area contributed by atoms with Gasteiger partial charge in [-0.2, -0.15) is 0 Å². The van der Waals surface area contributed by atoms with Gasteiger partial charge in [-0.3, -0.25) is 14.3 Å². The highest BCUT2D eigenvalue weighted by Crippen LogP contribution is 2.24. The van der Waals surface area contributed by atoms with Crippen molar-refractivity contribution in [1.29, 1.82) is 0 Å². The third-order valence-corrected chi connectivity index (χ3v) is 7.30. The van der Waals surface area contributed by atoms with E-state index in [-0.39, 0.29) is 17.5 Å². The minimum Gasteiger partial charge on any atom is -0.338 e. The number of carbonyl (C=O) groups is 1. The summed E-state index contributed by atoms with van der Waals surface area (Å²) in [6.07, 6.45) is 7.09. The summed E-state index contributed by atoms with van der Waals surface area (Å²) in [4.78, 5) is 27.9. The number of piperazine rings is 1. The first-order valence-corrected chi connectivity index (χ1v) is 13.0. The van der Waals surface area contributed by atoms with Crippen LogP contribution in [0.5, 0.6) is 0 Å². The quantitative estimate of drug-likeness (QED) is 0.462. The smallest absolute Gasteiger partial charge is 0.233 e. The summed E-state index contributed by atoms with van der Waals surface area (Å²) in [5.74, 6) is 1.55. The van der Waals surface area contributed by atoms with Crippen molar-refractivity contribution in [2.24, 2.45) is 0 Å². The minimum atomic E-state index is -0.288. The zero-order valence-electron chi connectivity index (χ0n) is 19.6. The van der Waals surface area contributed by atoms with Crippen LogP contribution in [0, 0.1) is 5.82 Å². The van der Waals surface area contributed by atoms with E-state index in [9.17, 15) is 9.18 Å². The molecular weight excluding hydrogens is 467 g/mol. The summed E-state index contributed by atoms with van der Waals surface area (Å²) in [6, 6.07) is 8.14. The van der Waals surface area contributed by atoms with E-state index in [1.165, 1.54) is 43.2 Å². The topological polar surface area (TPSA) is 83.3 Å². The molecular formula is C24H29FN8OS. The predicted molar refractivity (Wildman–Crippen MR) is 132 cm³/mol. The van der Waals surface area contributed by atoms with Crippen LogP contribution in [0.2, 0.25) is 0 Å². The van der Waals surface area contributed by atoms with E-state index in [2.05, 4.69) is 30.0 Å². The van der Waals surface area contributed by atoms with Crippen molar-refractivity contribution in [3.05, 3.63) is 54.4 Å². The molecule has 0 saturated carbocycles. The van der Waals surface area contributed by atoms with Crippen molar-refractivity contribution in [2.75, 3.05) is 49.9 Å². The van der Waals surface area contributed by atoms with E-state index < -0.39 is 0 Å². The lowest BCUT2D eigenvalue weighted by molar-refractivity contribution is -0.128. The Kier molecular flexibility index (Phi) is 7.53. The van der Waals surface area contributed by atoms with Gasteiger partial charge in [-0.05, 0) is 56.3 Å². The van der Waals surface area contributed by atoms with Crippen LogP contribution in [0.3, 0.4) is 0 Å². The zero-order chi connectivity index (χ0) is 24.0. The molecule has 3 aromatic rings. The number of amides is 1. The Morgan fingerprint density at radius 3 is 2.34 bits per heavy atom. The summed E-state index contributed by atoms with van der Waals surface area (Å²) in [6.45, 7) is 5.42. The van der Waals surface area contributed by atoms with Gasteiger partial charge in [-0.1, -0.05) is 18.2 Å². The van der Waals surface area contributed by atoms with Gasteiger partial charge in [0.2, 0.25) is 11.9 Å². The number of carbonyl (C=O) groups excluding carboxylic acids is 1. The van der Waals surface area contributed by atoms with Crippen molar-refractivity contribution in [3.8, 4) is 5.69 Å². The molecule has 9 nitrogen and oxygen atoms in total. The van der Waals surface area contributed by atoms with Crippen LogP contribution in [0.1, 0.15) is 25.1 Å². The van der Waals surface area contributed by atoms with Gasteiger partial charge in [0.05, 0.1) is 12.3 Å². The Balaban J connectivity index is 1.24. The molecule has 0 spiro atoms. The Morgan fingerprint density at radius 1 is 0.914 bits per heavy atom. The number of anilines is 1. The first-order chi connectivity index (χ1) is 17.2. The van der Waals surface area contributed by atoms with E-state index in [1.54, 1.807) is 30.6 Å². The average molecular weight is 497 g/mol. The fourth-order valence-electron chi connectivity index (χ4n) is 4.49. The van der Waals surface area contributed by atoms with Gasteiger partial charge >= 0.3 is 0 Å². The second-order valence-corrected chi connectivity index (χ2v) is 9.70. The number of piperidine rings is 1. The zero-order valence-corrected chi connectivity index (χ0v) is 20.4. The van der Waals surface area contributed by atoms with Gasteiger partial charge in [0, 0.05) is 44.3 Å². The molecule has 0 unspecified atom stereocenters. The third-order valence-electron chi connectivity index (χ3n) is 6.39. The number of hydrogen-bond acceptors (Lipinski definition) is 8. The van der Waals surface area contributed by atoms with Crippen molar-refractivity contribution in [3.63, 3.8) is 0 Å². The number of halogens is 1. The number of likely N-dealkylation sites (tertiary alicyclic amines) is 1.